The second-order valence-corrected chi connectivity index (χ2v) is 4.05. The third-order valence-electron chi connectivity index (χ3n) is 2.51. The maximum absolute atomic E-state index is 11.7. The van der Waals surface area contributed by atoms with E-state index in [0.29, 0.717) is 6.54 Å². The second kappa shape index (κ2) is 5.44. The van der Waals surface area contributed by atoms with Crippen molar-refractivity contribution < 1.29 is 0 Å². The van der Waals surface area contributed by atoms with Gasteiger partial charge in [-0.3, -0.25) is 4.79 Å². The standard InChI is InChI=1S/C13H16N4O/c1-3-14-12-8-11(6-7-15-12)9-17-13(18)5-4-10(2)16-17/h4-8H,3,9H2,1-2H3,(H,14,15). The van der Waals surface area contributed by atoms with Crippen molar-refractivity contribution >= 4 is 5.82 Å². The van der Waals surface area contributed by atoms with Gasteiger partial charge in [-0.25, -0.2) is 9.67 Å². The molecule has 0 fully saturated rings. The molecule has 1 N–H and O–H groups in total. The summed E-state index contributed by atoms with van der Waals surface area (Å²) in [6.45, 7) is 5.16. The highest BCUT2D eigenvalue weighted by atomic mass is 16.1. The lowest BCUT2D eigenvalue weighted by atomic mass is 10.2. The molecule has 0 aliphatic carbocycles. The van der Waals surface area contributed by atoms with Gasteiger partial charge in [0.1, 0.15) is 5.82 Å². The van der Waals surface area contributed by atoms with Gasteiger partial charge in [-0.05, 0) is 37.6 Å². The summed E-state index contributed by atoms with van der Waals surface area (Å²) < 4.78 is 1.46. The molecule has 5 heteroatoms. The van der Waals surface area contributed by atoms with Gasteiger partial charge >= 0.3 is 0 Å². The molecule has 0 saturated carbocycles. The average molecular weight is 244 g/mol. The molecule has 0 aliphatic rings. The highest BCUT2D eigenvalue weighted by molar-refractivity contribution is 5.37. The third kappa shape index (κ3) is 2.94. The van der Waals surface area contributed by atoms with Crippen LogP contribution in [-0.2, 0) is 6.54 Å². The van der Waals surface area contributed by atoms with Gasteiger partial charge in [-0.2, -0.15) is 5.10 Å². The second-order valence-electron chi connectivity index (χ2n) is 4.05. The Hall–Kier alpha value is -2.17. The average Bonchev–Trinajstić information content (AvgIpc) is 2.35. The van der Waals surface area contributed by atoms with E-state index in [1.807, 2.05) is 26.0 Å². The quantitative estimate of drug-likeness (QED) is 0.883. The summed E-state index contributed by atoms with van der Waals surface area (Å²) in [4.78, 5) is 15.8. The van der Waals surface area contributed by atoms with Gasteiger partial charge in [0.2, 0.25) is 0 Å². The van der Waals surface area contributed by atoms with Gasteiger partial charge < -0.3 is 5.32 Å². The van der Waals surface area contributed by atoms with Crippen molar-refractivity contribution in [1.82, 2.24) is 14.8 Å². The minimum absolute atomic E-state index is 0.0950. The number of anilines is 1. The van der Waals surface area contributed by atoms with Crippen LogP contribution in [-0.4, -0.2) is 21.3 Å². The van der Waals surface area contributed by atoms with Crippen LogP contribution in [0.25, 0.3) is 0 Å². The number of pyridine rings is 1. The fourth-order valence-corrected chi connectivity index (χ4v) is 1.69. The van der Waals surface area contributed by atoms with Crippen LogP contribution < -0.4 is 10.9 Å². The van der Waals surface area contributed by atoms with Crippen LogP contribution in [0.3, 0.4) is 0 Å². The third-order valence-corrected chi connectivity index (χ3v) is 2.51. The van der Waals surface area contributed by atoms with Crippen LogP contribution in [0.15, 0.2) is 35.3 Å². The SMILES string of the molecule is CCNc1cc(Cn2nc(C)ccc2=O)ccn1. The van der Waals surface area contributed by atoms with Gasteiger partial charge in [0.25, 0.3) is 5.56 Å². The number of aromatic nitrogens is 3. The highest BCUT2D eigenvalue weighted by Gasteiger charge is 2.01. The van der Waals surface area contributed by atoms with Crippen LogP contribution in [0.4, 0.5) is 5.82 Å². The van der Waals surface area contributed by atoms with E-state index in [1.54, 1.807) is 12.3 Å². The van der Waals surface area contributed by atoms with Gasteiger partial charge in [0, 0.05) is 18.8 Å². The van der Waals surface area contributed by atoms with Crippen LogP contribution in [0.1, 0.15) is 18.2 Å². The van der Waals surface area contributed by atoms with Crippen molar-refractivity contribution in [2.24, 2.45) is 0 Å². The number of hydrogen-bond donors (Lipinski definition) is 1. The molecule has 0 amide bonds. The van der Waals surface area contributed by atoms with Gasteiger partial charge in [0.05, 0.1) is 12.2 Å². The molecule has 0 bridgehead atoms. The molecule has 0 aromatic carbocycles. The highest BCUT2D eigenvalue weighted by Crippen LogP contribution is 2.07. The maximum Gasteiger partial charge on any atom is 0.267 e. The molecule has 0 atom stereocenters. The zero-order valence-corrected chi connectivity index (χ0v) is 10.6. The Bertz CT molecular complexity index is 592. The number of hydrogen-bond acceptors (Lipinski definition) is 4. The molecule has 0 spiro atoms. The van der Waals surface area contributed by atoms with E-state index >= 15 is 0 Å². The van der Waals surface area contributed by atoms with E-state index in [0.717, 1.165) is 23.6 Å². The van der Waals surface area contributed by atoms with Gasteiger partial charge in [-0.15, -0.1) is 0 Å². The molecule has 2 aromatic rings. The molecule has 0 saturated heterocycles. The number of aryl methyl sites for hydroxylation is 1. The van der Waals surface area contributed by atoms with Gasteiger partial charge in [0.15, 0.2) is 0 Å². The lowest BCUT2D eigenvalue weighted by Gasteiger charge is -2.07. The molecule has 18 heavy (non-hydrogen) atoms. The topological polar surface area (TPSA) is 59.8 Å². The van der Waals surface area contributed by atoms with Crippen molar-refractivity contribution in [3.8, 4) is 0 Å². The van der Waals surface area contributed by atoms with E-state index in [4.69, 9.17) is 0 Å². The number of nitrogens with one attached hydrogen (secondary N) is 1. The van der Waals surface area contributed by atoms with E-state index < -0.39 is 0 Å². The lowest BCUT2D eigenvalue weighted by Crippen LogP contribution is -2.23. The fraction of sp³-hybridized carbons (Fsp3) is 0.308. The Balaban J connectivity index is 2.25. The van der Waals surface area contributed by atoms with E-state index in [-0.39, 0.29) is 5.56 Å². The van der Waals surface area contributed by atoms with Crippen LogP contribution in [0.2, 0.25) is 0 Å². The smallest absolute Gasteiger partial charge is 0.267 e. The molecular weight excluding hydrogens is 228 g/mol. The molecular formula is C13H16N4O. The molecule has 2 heterocycles. The summed E-state index contributed by atoms with van der Waals surface area (Å²) in [5, 5.41) is 7.35. The molecule has 0 unspecified atom stereocenters. The summed E-state index contributed by atoms with van der Waals surface area (Å²) in [5.74, 6) is 0.815. The van der Waals surface area contributed by atoms with E-state index in [1.165, 1.54) is 10.7 Å². The molecule has 0 radical (unpaired) electrons. The molecule has 2 rings (SSSR count). The minimum atomic E-state index is -0.0950. The van der Waals surface area contributed by atoms with Crippen LogP contribution >= 0.6 is 0 Å². The molecule has 2 aromatic heterocycles. The zero-order valence-electron chi connectivity index (χ0n) is 10.6. The van der Waals surface area contributed by atoms with Crippen LogP contribution in [0, 0.1) is 6.92 Å². The van der Waals surface area contributed by atoms with Crippen LogP contribution in [0.5, 0.6) is 0 Å². The zero-order chi connectivity index (χ0) is 13.0. The molecule has 94 valence electrons. The predicted octanol–water partition coefficient (Wildman–Crippen LogP) is 1.43. The summed E-state index contributed by atoms with van der Waals surface area (Å²) in [6.07, 6.45) is 1.73. The Morgan fingerprint density at radius 2 is 2.17 bits per heavy atom. The summed E-state index contributed by atoms with van der Waals surface area (Å²) in [7, 11) is 0. The minimum Gasteiger partial charge on any atom is -0.370 e. The Labute approximate surface area is 105 Å². The first-order valence-electron chi connectivity index (χ1n) is 5.92. The van der Waals surface area contributed by atoms with E-state index in [2.05, 4.69) is 15.4 Å². The monoisotopic (exact) mass is 244 g/mol. The van der Waals surface area contributed by atoms with E-state index in [9.17, 15) is 4.79 Å². The van der Waals surface area contributed by atoms with Crippen molar-refractivity contribution in [2.45, 2.75) is 20.4 Å². The summed E-state index contributed by atoms with van der Waals surface area (Å²) in [5.41, 5.74) is 1.74. The molecule has 0 aliphatic heterocycles. The Morgan fingerprint density at radius 3 is 2.94 bits per heavy atom. The Kier molecular flexibility index (Phi) is 3.72. The van der Waals surface area contributed by atoms with Crippen molar-refractivity contribution in [1.29, 1.82) is 0 Å². The first-order chi connectivity index (χ1) is 8.69. The predicted molar refractivity (Wildman–Crippen MR) is 70.7 cm³/mol. The Morgan fingerprint density at radius 1 is 1.33 bits per heavy atom. The van der Waals surface area contributed by atoms with Crippen molar-refractivity contribution in [3.63, 3.8) is 0 Å². The number of rotatable bonds is 4. The van der Waals surface area contributed by atoms with Crippen molar-refractivity contribution in [3.05, 3.63) is 52.1 Å². The lowest BCUT2D eigenvalue weighted by molar-refractivity contribution is 0.628. The van der Waals surface area contributed by atoms with Gasteiger partial charge in [-0.1, -0.05) is 0 Å². The first kappa shape index (κ1) is 12.3. The largest absolute Gasteiger partial charge is 0.370 e. The number of nitrogens with zero attached hydrogens (tertiary/aromatic N) is 3. The molecule has 5 nitrogen and oxygen atoms in total. The first-order valence-corrected chi connectivity index (χ1v) is 5.92. The maximum atomic E-state index is 11.7. The summed E-state index contributed by atoms with van der Waals surface area (Å²) >= 11 is 0. The normalized spacial score (nSPS) is 10.3. The summed E-state index contributed by atoms with van der Waals surface area (Å²) in [6, 6.07) is 7.07. The van der Waals surface area contributed by atoms with Crippen molar-refractivity contribution in [2.75, 3.05) is 11.9 Å². The fourth-order valence-electron chi connectivity index (χ4n) is 1.69.